The van der Waals surface area contributed by atoms with Crippen LogP contribution in [0.15, 0.2) is 60.8 Å². The van der Waals surface area contributed by atoms with Crippen LogP contribution >= 0.6 is 0 Å². The molecule has 3 fully saturated rings. The quantitative estimate of drug-likeness (QED) is 0.725. The van der Waals surface area contributed by atoms with Crippen LogP contribution in [0.25, 0.3) is 5.57 Å². The number of fused-ring (bicyclic) bond motifs is 1. The molecular formula is C26H28N2O5. The van der Waals surface area contributed by atoms with Gasteiger partial charge in [-0.2, -0.15) is 5.06 Å². The number of hydrogen-bond donors (Lipinski definition) is 2. The van der Waals surface area contributed by atoms with E-state index >= 15 is 0 Å². The van der Waals surface area contributed by atoms with E-state index in [9.17, 15) is 19.8 Å². The maximum atomic E-state index is 13.8. The second-order valence-corrected chi connectivity index (χ2v) is 10.3. The molecule has 4 heterocycles. The maximum Gasteiger partial charge on any atom is 0.336 e. The second-order valence-electron chi connectivity index (χ2n) is 10.3. The Morgan fingerprint density at radius 1 is 1.03 bits per heavy atom. The molecule has 0 spiro atoms. The van der Waals surface area contributed by atoms with Gasteiger partial charge in [0.15, 0.2) is 0 Å². The van der Waals surface area contributed by atoms with E-state index < -0.39 is 23.1 Å². The van der Waals surface area contributed by atoms with Gasteiger partial charge < -0.3 is 15.1 Å². The minimum absolute atomic E-state index is 0.0484. The molecule has 3 atom stereocenters. The van der Waals surface area contributed by atoms with Crippen molar-refractivity contribution >= 4 is 17.3 Å². The van der Waals surface area contributed by atoms with Gasteiger partial charge in [-0.05, 0) is 39.3 Å². The molecule has 2 bridgehead atoms. The molecule has 7 heteroatoms. The minimum Gasteiger partial charge on any atom is -0.478 e. The third kappa shape index (κ3) is 2.79. The summed E-state index contributed by atoms with van der Waals surface area (Å²) in [5.41, 5.74) is -2.38. The van der Waals surface area contributed by atoms with Gasteiger partial charge in [-0.25, -0.2) is 4.79 Å². The van der Waals surface area contributed by atoms with Gasteiger partial charge in [0, 0.05) is 29.3 Å². The molecule has 7 nitrogen and oxygen atoms in total. The fraction of sp³-hybridized carbons (Fsp3) is 0.385. The van der Waals surface area contributed by atoms with E-state index in [1.54, 1.807) is 35.4 Å². The van der Waals surface area contributed by atoms with Crippen molar-refractivity contribution in [3.63, 3.8) is 0 Å². The van der Waals surface area contributed by atoms with Gasteiger partial charge in [0.2, 0.25) is 11.5 Å². The van der Waals surface area contributed by atoms with Crippen LogP contribution in [0.3, 0.4) is 0 Å². The third-order valence-corrected chi connectivity index (χ3v) is 7.46. The zero-order valence-electron chi connectivity index (χ0n) is 19.2. The molecule has 172 valence electrons. The van der Waals surface area contributed by atoms with Crippen LogP contribution in [0, 0.1) is 0 Å². The molecule has 2 aromatic rings. The summed E-state index contributed by atoms with van der Waals surface area (Å²) in [5, 5.41) is 23.8. The lowest BCUT2D eigenvalue weighted by molar-refractivity contribution is -0.400. The number of benzene rings is 2. The van der Waals surface area contributed by atoms with Gasteiger partial charge in [0.25, 0.3) is 0 Å². The zero-order chi connectivity index (χ0) is 23.8. The normalized spacial score (nSPS) is 31.3. The summed E-state index contributed by atoms with van der Waals surface area (Å²) in [5.74, 6) is -1.75. The van der Waals surface area contributed by atoms with Crippen molar-refractivity contribution in [2.45, 2.75) is 56.5 Å². The van der Waals surface area contributed by atoms with Gasteiger partial charge in [-0.1, -0.05) is 48.5 Å². The Bertz CT molecular complexity index is 1190. The number of nitrogens with zero attached hydrogens (tertiary/aromatic N) is 2. The first-order chi connectivity index (χ1) is 15.4. The lowest BCUT2D eigenvalue weighted by Gasteiger charge is -2.58. The molecule has 4 aliphatic heterocycles. The van der Waals surface area contributed by atoms with Crippen molar-refractivity contribution in [1.29, 1.82) is 0 Å². The summed E-state index contributed by atoms with van der Waals surface area (Å²) < 4.78 is 0. The number of carbonyl (C=O) groups excluding carboxylic acids is 1. The molecule has 2 N–H and O–H groups in total. The highest BCUT2D eigenvalue weighted by Crippen LogP contribution is 2.60. The second kappa shape index (κ2) is 6.76. The van der Waals surface area contributed by atoms with Crippen molar-refractivity contribution in [2.24, 2.45) is 0 Å². The SMILES string of the molecule is CC1(C)C[C@]2(CN3C=C(c4ccccc4)C(=O)[C@]3(O)c3ccccc3C(=O)O)ON1C2(C)C. The van der Waals surface area contributed by atoms with Gasteiger partial charge in [-0.15, -0.1) is 0 Å². The van der Waals surface area contributed by atoms with Crippen LogP contribution in [-0.4, -0.2) is 55.2 Å². The fourth-order valence-electron chi connectivity index (χ4n) is 5.86. The number of aliphatic hydroxyl groups is 1. The molecule has 0 amide bonds. The lowest BCUT2D eigenvalue weighted by Crippen LogP contribution is -2.72. The molecule has 1 unspecified atom stereocenters. The Kier molecular flexibility index (Phi) is 4.47. The monoisotopic (exact) mass is 448 g/mol. The number of aromatic carboxylic acids is 1. The van der Waals surface area contributed by atoms with Crippen LogP contribution in [0.2, 0.25) is 0 Å². The lowest BCUT2D eigenvalue weighted by atomic mass is 9.79. The van der Waals surface area contributed by atoms with E-state index in [0.29, 0.717) is 17.6 Å². The van der Waals surface area contributed by atoms with Crippen molar-refractivity contribution in [3.8, 4) is 0 Å². The average molecular weight is 449 g/mol. The van der Waals surface area contributed by atoms with Crippen LogP contribution in [0.4, 0.5) is 0 Å². The van der Waals surface area contributed by atoms with E-state index in [1.807, 2.05) is 23.3 Å². The van der Waals surface area contributed by atoms with Crippen molar-refractivity contribution < 1.29 is 24.6 Å². The molecule has 4 aliphatic rings. The van der Waals surface area contributed by atoms with E-state index in [0.717, 1.165) is 0 Å². The number of Topliss-reactive ketones (excluding diaryl/α,β-unsaturated/α-hetero) is 1. The van der Waals surface area contributed by atoms with Crippen LogP contribution in [0.5, 0.6) is 0 Å². The Balaban J connectivity index is 1.64. The summed E-state index contributed by atoms with van der Waals surface area (Å²) in [6, 6.07) is 15.2. The van der Waals surface area contributed by atoms with E-state index in [1.165, 1.54) is 12.1 Å². The first-order valence-electron chi connectivity index (χ1n) is 11.1. The smallest absolute Gasteiger partial charge is 0.336 e. The minimum atomic E-state index is -2.17. The Hall–Kier alpha value is -3.00. The molecule has 0 aliphatic carbocycles. The van der Waals surface area contributed by atoms with Crippen molar-refractivity contribution in [2.75, 3.05) is 6.54 Å². The van der Waals surface area contributed by atoms with Crippen LogP contribution in [0.1, 0.15) is 55.6 Å². The number of carbonyl (C=O) groups is 2. The van der Waals surface area contributed by atoms with Gasteiger partial charge in [0.05, 0.1) is 17.6 Å². The molecule has 33 heavy (non-hydrogen) atoms. The summed E-state index contributed by atoms with van der Waals surface area (Å²) in [6.45, 7) is 8.63. The predicted molar refractivity (Wildman–Crippen MR) is 122 cm³/mol. The predicted octanol–water partition coefficient (Wildman–Crippen LogP) is 3.40. The third-order valence-electron chi connectivity index (χ3n) is 7.46. The zero-order valence-corrected chi connectivity index (χ0v) is 19.2. The first-order valence-corrected chi connectivity index (χ1v) is 11.1. The fourth-order valence-corrected chi connectivity index (χ4v) is 5.86. The van der Waals surface area contributed by atoms with Crippen molar-refractivity contribution in [1.82, 2.24) is 9.96 Å². The maximum absolute atomic E-state index is 13.8. The van der Waals surface area contributed by atoms with Gasteiger partial charge in [0.1, 0.15) is 5.60 Å². The topological polar surface area (TPSA) is 90.3 Å². The van der Waals surface area contributed by atoms with E-state index in [-0.39, 0.29) is 28.7 Å². The average Bonchev–Trinajstić information content (AvgIpc) is 3.27. The number of hydrogen-bond acceptors (Lipinski definition) is 6. The molecule has 6 rings (SSSR count). The van der Waals surface area contributed by atoms with Gasteiger partial charge >= 0.3 is 5.97 Å². The molecule has 0 aromatic heterocycles. The number of carboxylic acid groups (broad SMARTS) is 1. The number of carboxylic acids is 1. The Morgan fingerprint density at radius 3 is 2.24 bits per heavy atom. The highest BCUT2D eigenvalue weighted by molar-refractivity contribution is 6.26. The molecular weight excluding hydrogens is 420 g/mol. The Morgan fingerprint density at radius 2 is 1.67 bits per heavy atom. The first kappa shape index (κ1) is 21.8. The highest BCUT2D eigenvalue weighted by atomic mass is 16.8. The van der Waals surface area contributed by atoms with Crippen molar-refractivity contribution in [3.05, 3.63) is 77.5 Å². The number of hydroxylamine groups is 2. The number of ketones is 1. The summed E-state index contributed by atoms with van der Waals surface area (Å²) in [7, 11) is 0. The molecule has 3 saturated heterocycles. The summed E-state index contributed by atoms with van der Waals surface area (Å²) in [4.78, 5) is 33.6. The van der Waals surface area contributed by atoms with E-state index in [4.69, 9.17) is 4.84 Å². The summed E-state index contributed by atoms with van der Waals surface area (Å²) >= 11 is 0. The highest BCUT2D eigenvalue weighted by Gasteiger charge is 2.74. The Labute approximate surface area is 192 Å². The van der Waals surface area contributed by atoms with Gasteiger partial charge in [-0.3, -0.25) is 9.63 Å². The summed E-state index contributed by atoms with van der Waals surface area (Å²) in [6.07, 6.45) is 2.36. The molecule has 2 aromatic carbocycles. The largest absolute Gasteiger partial charge is 0.478 e. The standard InChI is InChI=1S/C26H28N2O5/c1-23(2)15-25(24(3,4)28(23)33-25)16-27-14-19(17-10-6-5-7-11-17)21(29)26(27,32)20-13-9-8-12-18(20)22(30)31/h5-14,32H,15-16H2,1-4H3,(H,30,31)/t25-,26-/m1/s1. The number of rotatable bonds is 5. The van der Waals surface area contributed by atoms with Crippen LogP contribution in [-0.2, 0) is 15.4 Å². The van der Waals surface area contributed by atoms with E-state index in [2.05, 4.69) is 27.7 Å². The molecule has 0 saturated carbocycles. The van der Waals surface area contributed by atoms with Crippen LogP contribution < -0.4 is 0 Å². The molecule has 0 radical (unpaired) electrons.